The summed E-state index contributed by atoms with van der Waals surface area (Å²) in [6.45, 7) is 0. The second-order valence-electron chi connectivity index (χ2n) is 1.98. The summed E-state index contributed by atoms with van der Waals surface area (Å²) in [5.74, 6) is 0. The summed E-state index contributed by atoms with van der Waals surface area (Å²) in [4.78, 5) is 4.17. The van der Waals surface area contributed by atoms with Crippen molar-refractivity contribution in [2.45, 2.75) is 0 Å². The lowest BCUT2D eigenvalue weighted by molar-refractivity contribution is 1.21. The average Bonchev–Trinajstić information content (AvgIpc) is 2.05. The molecule has 2 heterocycles. The van der Waals surface area contributed by atoms with E-state index >= 15 is 0 Å². The van der Waals surface area contributed by atoms with E-state index in [9.17, 15) is 0 Å². The van der Waals surface area contributed by atoms with Crippen molar-refractivity contribution in [2.75, 3.05) is 0 Å². The topological polar surface area (TPSA) is 24.9 Å². The van der Waals surface area contributed by atoms with Gasteiger partial charge in [-0.05, 0) is 24.1 Å². The predicted octanol–water partition coefficient (Wildman–Crippen LogP) is -0.191. The molecule has 2 rings (SSSR count). The Labute approximate surface area is 62.8 Å². The molecule has 1 aromatic rings. The van der Waals surface area contributed by atoms with Gasteiger partial charge in [-0.2, -0.15) is 0 Å². The Morgan fingerprint density at radius 3 is 3.40 bits per heavy atom. The van der Waals surface area contributed by atoms with Crippen LogP contribution in [-0.2, 0) is 0 Å². The minimum absolute atomic E-state index is 1.05. The maximum Gasteiger partial charge on any atom is 0.0797 e. The van der Waals surface area contributed by atoms with Gasteiger partial charge in [0, 0.05) is 23.0 Å². The normalized spacial score (nSPS) is 14.0. The third kappa shape index (κ3) is 0.885. The zero-order valence-corrected chi connectivity index (χ0v) is 6.06. The van der Waals surface area contributed by atoms with Crippen LogP contribution in [0.2, 0.25) is 0 Å². The molecule has 3 heteroatoms. The van der Waals surface area contributed by atoms with E-state index in [1.54, 1.807) is 18.1 Å². The zero-order valence-electron chi connectivity index (χ0n) is 5.24. The molecule has 1 aliphatic heterocycles. The van der Waals surface area contributed by atoms with Crippen molar-refractivity contribution in [3.63, 3.8) is 0 Å². The molecule has 2 nitrogen and oxygen atoms in total. The molecule has 0 aliphatic carbocycles. The lowest BCUT2D eigenvalue weighted by atomic mass is 10.4. The molecule has 0 radical (unpaired) electrons. The van der Waals surface area contributed by atoms with Crippen LogP contribution in [0.4, 0.5) is 0 Å². The summed E-state index contributed by atoms with van der Waals surface area (Å²) in [5.41, 5.74) is 0. The molecular weight excluding hydrogens is 144 g/mol. The largest absolute Gasteiger partial charge is 0.332 e. The molecule has 0 unspecified atom stereocenters. The van der Waals surface area contributed by atoms with Crippen LogP contribution in [-0.4, -0.2) is 4.98 Å². The lowest BCUT2D eigenvalue weighted by Gasteiger charge is -1.98. The predicted molar refractivity (Wildman–Crippen MR) is 43.1 cm³/mol. The number of fused-ring (bicyclic) bond motifs is 1. The Bertz CT molecular complexity index is 310. The minimum Gasteiger partial charge on any atom is -0.332 e. The van der Waals surface area contributed by atoms with Crippen molar-refractivity contribution in [1.29, 1.82) is 0 Å². The highest BCUT2D eigenvalue weighted by Crippen LogP contribution is 1.93. The summed E-state index contributed by atoms with van der Waals surface area (Å²) in [6.07, 6.45) is 3.75. The lowest BCUT2D eigenvalue weighted by Crippen LogP contribution is -2.31. The monoisotopic (exact) mass is 150 g/mol. The molecular formula is C7H6N2S. The summed E-state index contributed by atoms with van der Waals surface area (Å²) in [6, 6.07) is 3.96. The highest BCUT2D eigenvalue weighted by Gasteiger charge is 1.89. The number of nitrogens with zero attached hydrogens (tertiary/aromatic N) is 1. The fraction of sp³-hybridized carbons (Fsp3) is 0. The Kier molecular flexibility index (Phi) is 1.36. The summed E-state index contributed by atoms with van der Waals surface area (Å²) in [5, 5.41) is 4.20. The van der Waals surface area contributed by atoms with Gasteiger partial charge >= 0.3 is 0 Å². The Morgan fingerprint density at radius 2 is 2.50 bits per heavy atom. The molecule has 0 atom stereocenters. The van der Waals surface area contributed by atoms with E-state index in [0.29, 0.717) is 0 Å². The Balaban J connectivity index is 2.84. The van der Waals surface area contributed by atoms with Gasteiger partial charge in [0.2, 0.25) is 0 Å². The van der Waals surface area contributed by atoms with Crippen molar-refractivity contribution in [3.05, 3.63) is 28.9 Å². The van der Waals surface area contributed by atoms with Crippen molar-refractivity contribution in [2.24, 2.45) is 0 Å². The first-order valence-corrected chi connectivity index (χ1v) is 3.87. The van der Waals surface area contributed by atoms with E-state index in [1.807, 2.05) is 23.7 Å². The van der Waals surface area contributed by atoms with Gasteiger partial charge in [0.25, 0.3) is 0 Å². The second kappa shape index (κ2) is 2.34. The first-order valence-electron chi connectivity index (χ1n) is 2.99. The number of pyridine rings is 1. The maximum absolute atomic E-state index is 4.17. The van der Waals surface area contributed by atoms with Gasteiger partial charge in [-0.1, -0.05) is 0 Å². The molecule has 0 spiro atoms. The maximum atomic E-state index is 4.17. The van der Waals surface area contributed by atoms with Crippen LogP contribution in [0.3, 0.4) is 0 Å². The molecule has 0 aromatic carbocycles. The summed E-state index contributed by atoms with van der Waals surface area (Å²) in [7, 11) is 0. The van der Waals surface area contributed by atoms with Crippen LogP contribution < -0.4 is 15.3 Å². The third-order valence-electron chi connectivity index (χ3n) is 1.32. The van der Waals surface area contributed by atoms with E-state index in [4.69, 9.17) is 0 Å². The van der Waals surface area contributed by atoms with Crippen LogP contribution >= 0.6 is 11.9 Å². The first-order chi connectivity index (χ1) is 4.97. The smallest absolute Gasteiger partial charge is 0.0797 e. The van der Waals surface area contributed by atoms with E-state index < -0.39 is 0 Å². The standard InChI is InChI=1S/C7H6N2S/c1-2-6-4-9-10-5-7(6)8-3-1/h1-5,9H. The second-order valence-corrected chi connectivity index (χ2v) is 2.68. The molecule has 1 aliphatic rings. The molecule has 10 heavy (non-hydrogen) atoms. The van der Waals surface area contributed by atoms with Crippen LogP contribution in [0.25, 0.3) is 11.6 Å². The quantitative estimate of drug-likeness (QED) is 0.519. The van der Waals surface area contributed by atoms with Crippen LogP contribution in [0.1, 0.15) is 0 Å². The van der Waals surface area contributed by atoms with Crippen molar-refractivity contribution in [3.8, 4) is 0 Å². The number of nitrogens with one attached hydrogen (secondary N) is 1. The Morgan fingerprint density at radius 1 is 1.50 bits per heavy atom. The number of rotatable bonds is 0. The highest BCUT2D eigenvalue weighted by molar-refractivity contribution is 8.05. The first kappa shape index (κ1) is 5.80. The molecule has 1 aromatic heterocycles. The summed E-state index contributed by atoms with van der Waals surface area (Å²) >= 11 is 1.54. The molecule has 0 fully saturated rings. The average molecular weight is 150 g/mol. The van der Waals surface area contributed by atoms with Crippen LogP contribution in [0.5, 0.6) is 0 Å². The molecule has 0 saturated carbocycles. The van der Waals surface area contributed by atoms with Gasteiger partial charge < -0.3 is 4.72 Å². The highest BCUT2D eigenvalue weighted by atomic mass is 32.2. The molecule has 0 bridgehead atoms. The minimum atomic E-state index is 1.05. The van der Waals surface area contributed by atoms with Crippen molar-refractivity contribution >= 4 is 23.6 Å². The van der Waals surface area contributed by atoms with Crippen LogP contribution in [0, 0.1) is 0 Å². The van der Waals surface area contributed by atoms with Crippen molar-refractivity contribution < 1.29 is 0 Å². The van der Waals surface area contributed by atoms with Gasteiger partial charge in [0.05, 0.1) is 5.35 Å². The van der Waals surface area contributed by atoms with Gasteiger partial charge in [-0.3, -0.25) is 4.98 Å². The Hall–Kier alpha value is -0.960. The fourth-order valence-corrected chi connectivity index (χ4v) is 1.41. The molecule has 0 amide bonds. The van der Waals surface area contributed by atoms with Crippen molar-refractivity contribution in [1.82, 2.24) is 9.71 Å². The molecule has 50 valence electrons. The van der Waals surface area contributed by atoms with Crippen LogP contribution in [0.15, 0.2) is 18.3 Å². The summed E-state index contributed by atoms with van der Waals surface area (Å²) < 4.78 is 3.04. The van der Waals surface area contributed by atoms with Gasteiger partial charge in [0.15, 0.2) is 0 Å². The van der Waals surface area contributed by atoms with Gasteiger partial charge in [-0.15, -0.1) is 0 Å². The zero-order chi connectivity index (χ0) is 6.81. The fourth-order valence-electron chi connectivity index (χ4n) is 0.838. The molecule has 1 N–H and O–H groups in total. The number of aromatic nitrogens is 1. The van der Waals surface area contributed by atoms with E-state index in [1.165, 1.54) is 0 Å². The van der Waals surface area contributed by atoms with E-state index in [0.717, 1.165) is 10.6 Å². The number of hydrogen-bond acceptors (Lipinski definition) is 3. The van der Waals surface area contributed by atoms with Gasteiger partial charge in [0.1, 0.15) is 0 Å². The van der Waals surface area contributed by atoms with E-state index in [2.05, 4.69) is 9.71 Å². The molecule has 0 saturated heterocycles. The SMILES string of the molecule is C1=c2cccnc2=CSN1. The number of hydrogen-bond donors (Lipinski definition) is 1. The third-order valence-corrected chi connectivity index (χ3v) is 1.92. The van der Waals surface area contributed by atoms with E-state index in [-0.39, 0.29) is 0 Å². The van der Waals surface area contributed by atoms with Gasteiger partial charge in [-0.25, -0.2) is 0 Å².